The summed E-state index contributed by atoms with van der Waals surface area (Å²) in [6, 6.07) is 20.2. The van der Waals surface area contributed by atoms with Crippen LogP contribution in [-0.2, 0) is 0 Å². The molecular weight excluding hydrogens is 543 g/mol. The smallest absolute Gasteiger partial charge is 0.271 e. The largest absolute Gasteiger partial charge is 0.506 e. The van der Waals surface area contributed by atoms with Gasteiger partial charge in [0.15, 0.2) is 4.80 Å². The summed E-state index contributed by atoms with van der Waals surface area (Å²) in [5, 5.41) is 11.2. The minimum Gasteiger partial charge on any atom is -0.506 e. The third-order valence-corrected chi connectivity index (χ3v) is 7.25. The number of hydrogen-bond acceptors (Lipinski definition) is 4. The van der Waals surface area contributed by atoms with E-state index >= 15 is 0 Å². The second kappa shape index (κ2) is 8.95. The number of phenolic OH excluding ortho intramolecular Hbond substituents is 1. The minimum atomic E-state index is -0.351. The van der Waals surface area contributed by atoms with Crippen LogP contribution in [0.2, 0.25) is 10.0 Å². The second-order valence-corrected chi connectivity index (χ2v) is 10.2. The van der Waals surface area contributed by atoms with Gasteiger partial charge in [-0.3, -0.25) is 9.36 Å². The summed E-state index contributed by atoms with van der Waals surface area (Å²) in [6.07, 6.45) is 3.62. The summed E-state index contributed by atoms with van der Waals surface area (Å²) >= 11 is 16.9. The van der Waals surface area contributed by atoms with Crippen molar-refractivity contribution in [1.29, 1.82) is 0 Å². The van der Waals surface area contributed by atoms with Gasteiger partial charge < -0.3 is 5.11 Å². The molecule has 0 saturated carbocycles. The zero-order valence-corrected chi connectivity index (χ0v) is 20.8. The topological polar surface area (TPSA) is 54.6 Å². The van der Waals surface area contributed by atoms with Gasteiger partial charge in [0.1, 0.15) is 5.75 Å². The second-order valence-electron chi connectivity index (χ2n) is 7.42. The van der Waals surface area contributed by atoms with Crippen LogP contribution < -0.4 is 14.9 Å². The van der Waals surface area contributed by atoms with Crippen LogP contribution in [0.4, 0.5) is 0 Å². The Morgan fingerprint density at radius 2 is 1.79 bits per heavy atom. The normalized spacial score (nSPS) is 15.7. The third kappa shape index (κ3) is 4.32. The molecule has 8 heteroatoms. The Morgan fingerprint density at radius 3 is 2.52 bits per heavy atom. The van der Waals surface area contributed by atoms with Crippen molar-refractivity contribution in [1.82, 2.24) is 4.57 Å². The van der Waals surface area contributed by atoms with Gasteiger partial charge in [-0.25, -0.2) is 4.99 Å². The summed E-state index contributed by atoms with van der Waals surface area (Å²) in [5.41, 5.74) is 2.92. The van der Waals surface area contributed by atoms with Crippen molar-refractivity contribution < 1.29 is 5.11 Å². The number of fused-ring (bicyclic) bond motifs is 1. The van der Waals surface area contributed by atoms with Crippen molar-refractivity contribution >= 4 is 62.2 Å². The standard InChI is InChI=1S/C25H15BrCl2N2O2S/c26-17-10-16(23(31)19(28)12-17)11-22-24(32)30-21(15-6-8-18(27)9-7-15)13-20(29-25(30)33-22)14-4-2-1-3-5-14/h1-13,21,31H. The molecule has 0 fully saturated rings. The van der Waals surface area contributed by atoms with Gasteiger partial charge in [-0.2, -0.15) is 0 Å². The summed E-state index contributed by atoms with van der Waals surface area (Å²) < 4.78 is 2.82. The third-order valence-electron chi connectivity index (χ3n) is 5.27. The lowest BCUT2D eigenvalue weighted by Gasteiger charge is -2.19. The van der Waals surface area contributed by atoms with E-state index in [9.17, 15) is 9.90 Å². The molecule has 1 atom stereocenters. The number of nitrogens with zero attached hydrogens (tertiary/aromatic N) is 2. The average molecular weight is 558 g/mol. The first kappa shape index (κ1) is 22.2. The highest BCUT2D eigenvalue weighted by atomic mass is 79.9. The first-order valence-corrected chi connectivity index (χ1v) is 12.3. The molecule has 3 aromatic carbocycles. The average Bonchev–Trinajstić information content (AvgIpc) is 3.13. The Bertz CT molecular complexity index is 1580. The SMILES string of the molecule is O=c1c(=Cc2cc(Br)cc(Cl)c2O)sc2n1C(c1ccc(Cl)cc1)C=C(c1ccccc1)N=2. The molecule has 1 N–H and O–H groups in total. The summed E-state index contributed by atoms with van der Waals surface area (Å²) in [5.74, 6) is -0.0788. The van der Waals surface area contributed by atoms with Crippen LogP contribution >= 0.6 is 50.5 Å². The predicted molar refractivity (Wildman–Crippen MR) is 138 cm³/mol. The lowest BCUT2D eigenvalue weighted by molar-refractivity contribution is 0.474. The van der Waals surface area contributed by atoms with Gasteiger partial charge in [-0.1, -0.05) is 92.9 Å². The fourth-order valence-electron chi connectivity index (χ4n) is 3.69. The molecule has 0 amide bonds. The molecule has 1 unspecified atom stereocenters. The highest BCUT2D eigenvalue weighted by molar-refractivity contribution is 9.10. The van der Waals surface area contributed by atoms with Crippen molar-refractivity contribution in [2.75, 3.05) is 0 Å². The molecule has 0 aliphatic carbocycles. The van der Waals surface area contributed by atoms with E-state index in [1.165, 1.54) is 11.3 Å². The molecular formula is C25H15BrCl2N2O2S. The molecule has 1 aliphatic rings. The number of benzene rings is 3. The number of aromatic nitrogens is 1. The summed E-state index contributed by atoms with van der Waals surface area (Å²) in [7, 11) is 0. The fraction of sp³-hybridized carbons (Fsp3) is 0.0400. The van der Waals surface area contributed by atoms with Crippen molar-refractivity contribution in [3.63, 3.8) is 0 Å². The fourth-order valence-corrected chi connectivity index (χ4v) is 5.65. The molecule has 0 saturated heterocycles. The van der Waals surface area contributed by atoms with Crippen molar-refractivity contribution in [2.45, 2.75) is 6.04 Å². The molecule has 0 bridgehead atoms. The summed E-state index contributed by atoms with van der Waals surface area (Å²) in [4.78, 5) is 18.9. The maximum Gasteiger partial charge on any atom is 0.271 e. The van der Waals surface area contributed by atoms with E-state index in [4.69, 9.17) is 28.2 Å². The molecule has 1 aromatic heterocycles. The summed E-state index contributed by atoms with van der Waals surface area (Å²) in [6.45, 7) is 0. The van der Waals surface area contributed by atoms with E-state index < -0.39 is 0 Å². The van der Waals surface area contributed by atoms with Crippen molar-refractivity contribution in [3.8, 4) is 5.75 Å². The molecule has 33 heavy (non-hydrogen) atoms. The maximum atomic E-state index is 13.5. The van der Waals surface area contributed by atoms with E-state index in [1.807, 2.05) is 60.7 Å². The van der Waals surface area contributed by atoms with Crippen molar-refractivity contribution in [3.05, 3.63) is 124 Å². The number of halogens is 3. The molecule has 0 spiro atoms. The van der Waals surface area contributed by atoms with Gasteiger partial charge in [-0.05, 0) is 47.5 Å². The van der Waals surface area contributed by atoms with Crippen molar-refractivity contribution in [2.24, 2.45) is 4.99 Å². The Hall–Kier alpha value is -2.64. The van der Waals surface area contributed by atoms with E-state index in [1.54, 1.807) is 22.8 Å². The Labute approximate surface area is 211 Å². The van der Waals surface area contributed by atoms with Gasteiger partial charge in [0.2, 0.25) is 0 Å². The number of rotatable bonds is 3. The van der Waals surface area contributed by atoms with Gasteiger partial charge in [0.25, 0.3) is 5.56 Å². The molecule has 164 valence electrons. The zero-order valence-electron chi connectivity index (χ0n) is 16.9. The lowest BCUT2D eigenvalue weighted by Crippen LogP contribution is -2.36. The Kier molecular flexibility index (Phi) is 6.01. The number of allylic oxidation sites excluding steroid dienone is 1. The molecule has 1 aliphatic heterocycles. The van der Waals surface area contributed by atoms with Crippen LogP contribution in [0, 0.1) is 0 Å². The van der Waals surface area contributed by atoms with E-state index in [0.29, 0.717) is 24.4 Å². The lowest BCUT2D eigenvalue weighted by atomic mass is 10.0. The first-order valence-electron chi connectivity index (χ1n) is 9.93. The van der Waals surface area contributed by atoms with Gasteiger partial charge >= 0.3 is 0 Å². The predicted octanol–water partition coefficient (Wildman–Crippen LogP) is 5.78. The monoisotopic (exact) mass is 556 g/mol. The van der Waals surface area contributed by atoms with E-state index in [-0.39, 0.29) is 22.4 Å². The van der Waals surface area contributed by atoms with E-state index in [0.717, 1.165) is 16.8 Å². The zero-order chi connectivity index (χ0) is 23.1. The van der Waals surface area contributed by atoms with Gasteiger partial charge in [0.05, 0.1) is 21.3 Å². The highest BCUT2D eigenvalue weighted by Gasteiger charge is 2.22. The van der Waals surface area contributed by atoms with Crippen LogP contribution in [0.1, 0.15) is 22.7 Å². The molecule has 4 nitrogen and oxygen atoms in total. The minimum absolute atomic E-state index is 0.0788. The number of phenols is 1. The molecule has 4 aromatic rings. The molecule has 0 radical (unpaired) electrons. The van der Waals surface area contributed by atoms with Crippen LogP contribution in [0.3, 0.4) is 0 Å². The maximum absolute atomic E-state index is 13.5. The number of aromatic hydroxyl groups is 1. The molecule has 2 heterocycles. The number of thiazole rings is 1. The Balaban J connectivity index is 1.75. The highest BCUT2D eigenvalue weighted by Crippen LogP contribution is 2.32. The van der Waals surface area contributed by atoms with Crippen LogP contribution in [0.25, 0.3) is 11.8 Å². The number of hydrogen-bond donors (Lipinski definition) is 1. The van der Waals surface area contributed by atoms with Gasteiger partial charge in [-0.15, -0.1) is 0 Å². The van der Waals surface area contributed by atoms with E-state index in [2.05, 4.69) is 15.9 Å². The molecule has 5 rings (SSSR count). The first-order chi connectivity index (χ1) is 15.9. The van der Waals surface area contributed by atoms with Crippen LogP contribution in [0.15, 0.2) is 87.1 Å². The van der Waals surface area contributed by atoms with Crippen LogP contribution in [-0.4, -0.2) is 9.67 Å². The van der Waals surface area contributed by atoms with Crippen LogP contribution in [0.5, 0.6) is 5.75 Å². The van der Waals surface area contributed by atoms with Gasteiger partial charge in [0, 0.05) is 15.1 Å². The Morgan fingerprint density at radius 1 is 1.06 bits per heavy atom. The quantitative estimate of drug-likeness (QED) is 0.347.